The molecule has 0 aromatic carbocycles. The van der Waals surface area contributed by atoms with Crippen LogP contribution in [0.5, 0.6) is 0 Å². The van der Waals surface area contributed by atoms with E-state index in [1.54, 1.807) is 0 Å². The maximum Gasteiger partial charge on any atom is 0.462 e. The summed E-state index contributed by atoms with van der Waals surface area (Å²) >= 11 is 0. The van der Waals surface area contributed by atoms with E-state index in [4.69, 9.17) is 0 Å². The molecular weight excluding hydrogens is 1120 g/mol. The molecule has 0 amide bonds. The van der Waals surface area contributed by atoms with Gasteiger partial charge >= 0.3 is 114 Å². The van der Waals surface area contributed by atoms with Crippen LogP contribution >= 0.6 is 0 Å². The molecule has 0 aliphatic carbocycles. The molecule has 0 radical (unpaired) electrons. The van der Waals surface area contributed by atoms with Gasteiger partial charge in [-0.3, -0.25) is 14.2 Å². The minimum absolute atomic E-state index is 0.642. The first-order valence-corrected chi connectivity index (χ1v) is 15.3. The predicted octanol–water partition coefficient (Wildman–Crippen LogP) is 9.44. The fourth-order valence-corrected chi connectivity index (χ4v) is 3.40. The molecule has 0 aromatic heterocycles. The van der Waals surface area contributed by atoms with Gasteiger partial charge < -0.3 is 18.9 Å². The van der Waals surface area contributed by atoms with E-state index in [9.17, 15) is 147 Å². The number of esters is 4. The Balaban J connectivity index is 8.52. The Hall–Kier alpha value is -4.81. The molecule has 0 saturated heterocycles. The first-order valence-electron chi connectivity index (χ1n) is 15.3. The summed E-state index contributed by atoms with van der Waals surface area (Å²) in [5, 5.41) is 0. The zero-order valence-corrected chi connectivity index (χ0v) is 31.1. The van der Waals surface area contributed by atoms with E-state index < -0.39 is 153 Å². The molecule has 0 N–H and O–H groups in total. The van der Waals surface area contributed by atoms with E-state index in [0.717, 1.165) is 0 Å². The molecule has 3 unspecified atom stereocenters. The first-order chi connectivity index (χ1) is 30.3. The minimum atomic E-state index is -8.26. The molecule has 0 rings (SSSR count). The molecular formula is C26H11F33O11. The molecule has 70 heavy (non-hydrogen) atoms. The van der Waals surface area contributed by atoms with E-state index in [2.05, 4.69) is 25.5 Å². The van der Waals surface area contributed by atoms with Crippen LogP contribution in [0.3, 0.4) is 0 Å². The Kier molecular flexibility index (Phi) is 18.0. The molecule has 0 fully saturated rings. The van der Waals surface area contributed by atoms with Crippen LogP contribution in [0.25, 0.3) is 0 Å². The molecule has 0 bridgehead atoms. The first kappa shape index (κ1) is 65.2. The van der Waals surface area contributed by atoms with Crippen molar-refractivity contribution in [2.75, 3.05) is 26.6 Å². The van der Waals surface area contributed by atoms with Crippen LogP contribution in [0.2, 0.25) is 0 Å². The summed E-state index contributed by atoms with van der Waals surface area (Å²) in [5.74, 6) is -64.2. The highest BCUT2D eigenvalue weighted by atomic mass is 19.5. The third kappa shape index (κ3) is 12.1. The van der Waals surface area contributed by atoms with E-state index in [0.29, 0.717) is 0 Å². The maximum atomic E-state index is 15.9. The van der Waals surface area contributed by atoms with Gasteiger partial charge in [0.25, 0.3) is 0 Å². The molecule has 0 saturated carbocycles. The maximum absolute atomic E-state index is 15.9. The van der Waals surface area contributed by atoms with Crippen LogP contribution in [0.1, 0.15) is 0 Å². The number of rotatable bonds is 23. The molecule has 3 atom stereocenters. The Morgan fingerprint density at radius 1 is 0.371 bits per heavy atom. The lowest BCUT2D eigenvalue weighted by atomic mass is 9.86. The van der Waals surface area contributed by atoms with Crippen molar-refractivity contribution in [3.63, 3.8) is 0 Å². The van der Waals surface area contributed by atoms with E-state index in [1.165, 1.54) is 4.74 Å². The van der Waals surface area contributed by atoms with Crippen LogP contribution in [0, 0.1) is 5.41 Å². The minimum Gasteiger partial charge on any atom is -0.461 e. The van der Waals surface area contributed by atoms with Gasteiger partial charge in [-0.2, -0.15) is 136 Å². The van der Waals surface area contributed by atoms with Gasteiger partial charge in [-0.05, 0) is 0 Å². The van der Waals surface area contributed by atoms with Gasteiger partial charge in [0.2, 0.25) is 5.41 Å². The van der Waals surface area contributed by atoms with E-state index >= 15 is 17.6 Å². The zero-order valence-electron chi connectivity index (χ0n) is 31.1. The Morgan fingerprint density at radius 2 is 0.643 bits per heavy atom. The fraction of sp³-hybridized carbons (Fsp3) is 0.769. The second-order valence-corrected chi connectivity index (χ2v) is 12.2. The highest BCUT2D eigenvalue weighted by Crippen LogP contribution is 2.56. The number of hydrogen-bond donors (Lipinski definition) is 0. The second kappa shape index (κ2) is 19.3. The summed E-state index contributed by atoms with van der Waals surface area (Å²) in [6.45, 7) is -15.3. The van der Waals surface area contributed by atoms with Crippen LogP contribution in [0.15, 0.2) is 12.7 Å². The lowest BCUT2D eigenvalue weighted by Crippen LogP contribution is -2.66. The number of ether oxygens (including phenoxy) is 7. The Labute approximate surface area is 357 Å². The molecule has 0 aliphatic rings. The fourth-order valence-electron chi connectivity index (χ4n) is 3.40. The van der Waals surface area contributed by atoms with Crippen LogP contribution in [-0.2, 0) is 52.3 Å². The van der Waals surface area contributed by atoms with Crippen molar-refractivity contribution in [3.05, 3.63) is 12.7 Å². The molecule has 412 valence electrons. The van der Waals surface area contributed by atoms with Crippen molar-refractivity contribution in [3.8, 4) is 0 Å². The summed E-state index contributed by atoms with van der Waals surface area (Å²) in [6.07, 6.45) is -72.5. The van der Waals surface area contributed by atoms with Gasteiger partial charge in [-0.15, -0.1) is 0 Å². The SMILES string of the molecule is C=CC(=O)OCC(COC(=O)C(F)(OC(F)(F)C(F)(F)C(F)(F)F)C(F)(F)F)(C(F)(F)OC(=O)C(F)(CF)OC(F)(F)C(F)(F)C(F)(F)F)C(F)(F)OC(=O)C(F)(CF)OC(F)(F)C(F)(F)C(F)(F)F. The summed E-state index contributed by atoms with van der Waals surface area (Å²) in [5.41, 5.74) is -7.17. The highest BCUT2D eigenvalue weighted by Gasteiger charge is 2.83. The number of hydrogen-bond acceptors (Lipinski definition) is 11. The molecule has 0 heterocycles. The summed E-state index contributed by atoms with van der Waals surface area (Å²) < 4.78 is 465. The van der Waals surface area contributed by atoms with Crippen molar-refractivity contribution >= 4 is 23.9 Å². The molecule has 0 aromatic rings. The topological polar surface area (TPSA) is 133 Å². The van der Waals surface area contributed by atoms with Crippen molar-refractivity contribution in [1.29, 1.82) is 0 Å². The van der Waals surface area contributed by atoms with Gasteiger partial charge in [0, 0.05) is 6.08 Å². The molecule has 44 heteroatoms. The third-order valence-electron chi connectivity index (χ3n) is 7.23. The average molecular weight is 1130 g/mol. The summed E-state index contributed by atoms with van der Waals surface area (Å²) in [4.78, 5) is 47.9. The Morgan fingerprint density at radius 3 is 0.886 bits per heavy atom. The van der Waals surface area contributed by atoms with Crippen LogP contribution in [-0.4, -0.2) is 141 Å². The van der Waals surface area contributed by atoms with Gasteiger partial charge in [0.15, 0.2) is 13.3 Å². The van der Waals surface area contributed by atoms with Gasteiger partial charge in [-0.1, -0.05) is 6.58 Å². The quantitative estimate of drug-likeness (QED) is 0.0420. The summed E-state index contributed by atoms with van der Waals surface area (Å²) in [7, 11) is 0. The lowest BCUT2D eigenvalue weighted by molar-refractivity contribution is -0.476. The number of halogens is 33. The van der Waals surface area contributed by atoms with Crippen LogP contribution in [0.4, 0.5) is 145 Å². The van der Waals surface area contributed by atoms with E-state index in [1.807, 2.05) is 9.47 Å². The average Bonchev–Trinajstić information content (AvgIpc) is 3.14. The normalized spacial score (nSPS) is 18.1. The lowest BCUT2D eigenvalue weighted by Gasteiger charge is -2.42. The molecule has 0 spiro atoms. The Bertz CT molecular complexity index is 1830. The van der Waals surface area contributed by atoms with Crippen molar-refractivity contribution in [2.45, 2.75) is 90.6 Å². The zero-order chi connectivity index (χ0) is 56.8. The van der Waals surface area contributed by atoms with Crippen molar-refractivity contribution in [1.82, 2.24) is 0 Å². The standard InChI is InChI=1S/C26H11F33O11/c1-2-7(60)64-5-11(6-65-10(63)14(31,18(38,39)40)70-26(58,59)17(36,37)21(47,48)49,22(50,51)66-8(61)12(29,3-27)68-24(54,55)15(32,33)19(41,42)43)23(52,53)67-9(62)13(30,4-28)69-25(56,57)16(34,35)20(44,45)46/h2H,1,3-6H2. The smallest absolute Gasteiger partial charge is 0.461 e. The van der Waals surface area contributed by atoms with Crippen molar-refractivity contribution in [2.24, 2.45) is 5.41 Å². The predicted molar refractivity (Wildman–Crippen MR) is 137 cm³/mol. The molecule has 0 aliphatic heterocycles. The molecule has 11 nitrogen and oxygen atoms in total. The largest absolute Gasteiger partial charge is 0.462 e. The number of carbonyl (C=O) groups is 4. The monoisotopic (exact) mass is 1130 g/mol. The highest BCUT2D eigenvalue weighted by molar-refractivity contribution is 5.81. The second-order valence-electron chi connectivity index (χ2n) is 12.2. The van der Waals surface area contributed by atoms with Gasteiger partial charge in [0.05, 0.1) is 0 Å². The van der Waals surface area contributed by atoms with Crippen LogP contribution < -0.4 is 0 Å². The third-order valence-corrected chi connectivity index (χ3v) is 7.23. The van der Waals surface area contributed by atoms with Gasteiger partial charge in [-0.25, -0.2) is 28.0 Å². The van der Waals surface area contributed by atoms with Gasteiger partial charge in [0.1, 0.15) is 13.2 Å². The number of carbonyl (C=O) groups excluding carboxylic acids is 4. The van der Waals surface area contributed by atoms with Crippen molar-refractivity contribution < 1.29 is 197 Å². The van der Waals surface area contributed by atoms with E-state index in [-0.39, 0.29) is 0 Å². The number of alkyl halides is 33. The summed E-state index contributed by atoms with van der Waals surface area (Å²) in [6, 6.07) is 0.